The first kappa shape index (κ1) is 24.7. The lowest BCUT2D eigenvalue weighted by Gasteiger charge is -2.14. The number of benzene rings is 2. The van der Waals surface area contributed by atoms with Crippen molar-refractivity contribution in [1.29, 1.82) is 0 Å². The number of carbonyl (C=O) groups excluding carboxylic acids is 2. The Hall–Kier alpha value is -2.93. The van der Waals surface area contributed by atoms with E-state index in [2.05, 4.69) is 5.32 Å². The SMILES string of the molecule is COc1cc(/C=C2\SC(=S)N(CCCC(=O)Nc3ccc(S(N)(=O)=O)cc3)C2=O)ccc1O. The predicted octanol–water partition coefficient (Wildman–Crippen LogP) is 2.67. The Morgan fingerprint density at radius 1 is 1.27 bits per heavy atom. The summed E-state index contributed by atoms with van der Waals surface area (Å²) in [6.45, 7) is 0.276. The van der Waals surface area contributed by atoms with Crippen LogP contribution in [-0.4, -0.2) is 48.2 Å². The highest BCUT2D eigenvalue weighted by atomic mass is 32.2. The van der Waals surface area contributed by atoms with Crippen LogP contribution in [0.25, 0.3) is 6.08 Å². The molecule has 0 bridgehead atoms. The number of hydrogen-bond donors (Lipinski definition) is 3. The van der Waals surface area contributed by atoms with Crippen molar-refractivity contribution in [2.45, 2.75) is 17.7 Å². The number of phenols is 1. The summed E-state index contributed by atoms with van der Waals surface area (Å²) in [6, 6.07) is 10.3. The van der Waals surface area contributed by atoms with Gasteiger partial charge in [-0.2, -0.15) is 0 Å². The number of nitrogens with zero attached hydrogens (tertiary/aromatic N) is 1. The third kappa shape index (κ3) is 6.32. The van der Waals surface area contributed by atoms with Crippen molar-refractivity contribution in [3.63, 3.8) is 0 Å². The molecule has 1 aliphatic heterocycles. The van der Waals surface area contributed by atoms with Gasteiger partial charge in [-0.15, -0.1) is 0 Å². The summed E-state index contributed by atoms with van der Waals surface area (Å²) >= 11 is 6.47. The number of sulfonamides is 1. The number of phenolic OH excluding ortho intramolecular Hbond substituents is 1. The normalized spacial score (nSPS) is 15.2. The van der Waals surface area contributed by atoms with E-state index in [1.807, 2.05) is 0 Å². The lowest BCUT2D eigenvalue weighted by Crippen LogP contribution is -2.29. The summed E-state index contributed by atoms with van der Waals surface area (Å²) in [5, 5.41) is 17.4. The molecule has 0 radical (unpaired) electrons. The molecule has 0 aliphatic carbocycles. The zero-order valence-electron chi connectivity index (χ0n) is 17.5. The van der Waals surface area contributed by atoms with Crippen molar-refractivity contribution in [3.8, 4) is 11.5 Å². The fourth-order valence-corrected chi connectivity index (χ4v) is 4.80. The first-order chi connectivity index (χ1) is 15.6. The number of carbonyl (C=O) groups is 2. The molecule has 1 saturated heterocycles. The molecule has 12 heteroatoms. The summed E-state index contributed by atoms with van der Waals surface area (Å²) in [5.41, 5.74) is 1.11. The van der Waals surface area contributed by atoms with Gasteiger partial charge in [0.25, 0.3) is 5.91 Å². The largest absolute Gasteiger partial charge is 0.504 e. The monoisotopic (exact) mass is 507 g/mol. The Labute approximate surface area is 200 Å². The Morgan fingerprint density at radius 2 is 1.97 bits per heavy atom. The second-order valence-electron chi connectivity index (χ2n) is 6.99. The molecule has 2 aromatic carbocycles. The number of methoxy groups -OCH3 is 1. The van der Waals surface area contributed by atoms with E-state index in [0.717, 1.165) is 11.8 Å². The predicted molar refractivity (Wildman–Crippen MR) is 130 cm³/mol. The van der Waals surface area contributed by atoms with Crippen LogP contribution >= 0.6 is 24.0 Å². The van der Waals surface area contributed by atoms with Gasteiger partial charge >= 0.3 is 0 Å². The molecular weight excluding hydrogens is 486 g/mol. The maximum Gasteiger partial charge on any atom is 0.266 e. The van der Waals surface area contributed by atoms with Gasteiger partial charge in [0.1, 0.15) is 4.32 Å². The van der Waals surface area contributed by atoms with E-state index in [0.29, 0.717) is 32.6 Å². The average Bonchev–Trinajstić information content (AvgIpc) is 3.02. The Balaban J connectivity index is 1.54. The maximum atomic E-state index is 12.7. The Kier molecular flexibility index (Phi) is 7.74. The van der Waals surface area contributed by atoms with E-state index in [9.17, 15) is 23.1 Å². The third-order valence-corrected chi connectivity index (χ3v) is 6.93. The fraction of sp³-hybridized carbons (Fsp3) is 0.190. The fourth-order valence-electron chi connectivity index (χ4n) is 2.98. The minimum absolute atomic E-state index is 0.000770. The molecule has 9 nitrogen and oxygen atoms in total. The van der Waals surface area contributed by atoms with Gasteiger partial charge < -0.3 is 15.2 Å². The first-order valence-corrected chi connectivity index (χ1v) is 12.4. The smallest absolute Gasteiger partial charge is 0.266 e. The lowest BCUT2D eigenvalue weighted by molar-refractivity contribution is -0.122. The molecule has 2 aromatic rings. The lowest BCUT2D eigenvalue weighted by atomic mass is 10.2. The molecule has 174 valence electrons. The van der Waals surface area contributed by atoms with Crippen molar-refractivity contribution >= 4 is 61.9 Å². The molecule has 33 heavy (non-hydrogen) atoms. The molecule has 1 aliphatic rings. The highest BCUT2D eigenvalue weighted by molar-refractivity contribution is 8.26. The second-order valence-corrected chi connectivity index (χ2v) is 10.2. The standard InChI is InChI=1S/C21H21N3O6S3/c1-30-17-11-13(4-9-16(17)25)12-18-20(27)24(21(31)32-18)10-2-3-19(26)23-14-5-7-15(8-6-14)33(22,28)29/h4-9,11-12,25H,2-3,10H2,1H3,(H,23,26)(H2,22,28,29)/b18-12-. The maximum absolute atomic E-state index is 12.7. The van der Waals surface area contributed by atoms with Crippen LogP contribution in [0.4, 0.5) is 5.69 Å². The molecule has 3 rings (SSSR count). The number of amides is 2. The van der Waals surface area contributed by atoms with Crippen LogP contribution in [0.2, 0.25) is 0 Å². The molecule has 2 amide bonds. The van der Waals surface area contributed by atoms with E-state index in [4.69, 9.17) is 22.1 Å². The molecule has 0 unspecified atom stereocenters. The number of hydrogen-bond acceptors (Lipinski definition) is 8. The quantitative estimate of drug-likeness (QED) is 0.366. The van der Waals surface area contributed by atoms with Crippen LogP contribution in [-0.2, 0) is 19.6 Å². The van der Waals surface area contributed by atoms with Gasteiger partial charge in [0.05, 0.1) is 16.9 Å². The van der Waals surface area contributed by atoms with Crippen molar-refractivity contribution < 1.29 is 27.9 Å². The number of thiocarbonyl (C=S) groups is 1. The molecule has 0 aromatic heterocycles. The molecule has 0 saturated carbocycles. The van der Waals surface area contributed by atoms with Gasteiger partial charge in [-0.25, -0.2) is 13.6 Å². The zero-order valence-corrected chi connectivity index (χ0v) is 19.9. The van der Waals surface area contributed by atoms with Crippen LogP contribution in [0.3, 0.4) is 0 Å². The van der Waals surface area contributed by atoms with Crippen LogP contribution in [0.15, 0.2) is 52.3 Å². The topological polar surface area (TPSA) is 139 Å². The van der Waals surface area contributed by atoms with Gasteiger partial charge in [-0.05, 0) is 54.5 Å². The van der Waals surface area contributed by atoms with Crippen LogP contribution < -0.4 is 15.2 Å². The molecular formula is C21H21N3O6S3. The minimum atomic E-state index is -3.80. The van der Waals surface area contributed by atoms with Crippen molar-refractivity contribution in [2.24, 2.45) is 5.14 Å². The summed E-state index contributed by atoms with van der Waals surface area (Å²) in [7, 11) is -2.36. The van der Waals surface area contributed by atoms with E-state index in [1.165, 1.54) is 42.3 Å². The van der Waals surface area contributed by atoms with Gasteiger partial charge in [0.15, 0.2) is 11.5 Å². The number of thioether (sulfide) groups is 1. The minimum Gasteiger partial charge on any atom is -0.504 e. The zero-order chi connectivity index (χ0) is 24.2. The van der Waals surface area contributed by atoms with E-state index in [-0.39, 0.29) is 35.4 Å². The molecule has 0 spiro atoms. The number of primary sulfonamides is 1. The van der Waals surface area contributed by atoms with Crippen molar-refractivity contribution in [2.75, 3.05) is 19.0 Å². The number of anilines is 1. The van der Waals surface area contributed by atoms with E-state index in [1.54, 1.807) is 18.2 Å². The van der Waals surface area contributed by atoms with E-state index >= 15 is 0 Å². The van der Waals surface area contributed by atoms with Crippen LogP contribution in [0, 0.1) is 0 Å². The van der Waals surface area contributed by atoms with Gasteiger partial charge in [-0.3, -0.25) is 14.5 Å². The van der Waals surface area contributed by atoms with Gasteiger partial charge in [0, 0.05) is 18.7 Å². The van der Waals surface area contributed by atoms with Crippen LogP contribution in [0.1, 0.15) is 18.4 Å². The first-order valence-electron chi connectivity index (χ1n) is 9.63. The highest BCUT2D eigenvalue weighted by Crippen LogP contribution is 2.34. The third-order valence-electron chi connectivity index (χ3n) is 4.63. The summed E-state index contributed by atoms with van der Waals surface area (Å²) in [5.74, 6) is -0.239. The average molecular weight is 508 g/mol. The molecule has 1 heterocycles. The highest BCUT2D eigenvalue weighted by Gasteiger charge is 2.31. The summed E-state index contributed by atoms with van der Waals surface area (Å²) in [4.78, 5) is 26.7. The Morgan fingerprint density at radius 3 is 2.61 bits per heavy atom. The van der Waals surface area contributed by atoms with Crippen molar-refractivity contribution in [3.05, 3.63) is 52.9 Å². The van der Waals surface area contributed by atoms with E-state index < -0.39 is 10.0 Å². The van der Waals surface area contributed by atoms with Gasteiger partial charge in [0.2, 0.25) is 15.9 Å². The Bertz CT molecular complexity index is 1230. The molecule has 0 atom stereocenters. The van der Waals surface area contributed by atoms with Gasteiger partial charge in [-0.1, -0.05) is 30.0 Å². The number of nitrogens with two attached hydrogens (primary N) is 1. The summed E-state index contributed by atoms with van der Waals surface area (Å²) < 4.78 is 28.0. The second kappa shape index (κ2) is 10.3. The number of aromatic hydroxyl groups is 1. The molecule has 4 N–H and O–H groups in total. The number of rotatable bonds is 8. The molecule has 1 fully saturated rings. The van der Waals surface area contributed by atoms with Crippen molar-refractivity contribution in [1.82, 2.24) is 4.90 Å². The number of ether oxygens (including phenoxy) is 1. The number of nitrogens with one attached hydrogen (secondary N) is 1. The summed E-state index contributed by atoms with van der Waals surface area (Å²) in [6.07, 6.45) is 2.19. The van der Waals surface area contributed by atoms with Crippen LogP contribution in [0.5, 0.6) is 11.5 Å².